The van der Waals surface area contributed by atoms with Crippen LogP contribution in [0.2, 0.25) is 0 Å². The largest absolute Gasteiger partial charge is 0.384 e. The van der Waals surface area contributed by atoms with Gasteiger partial charge in [-0.05, 0) is 23.6 Å². The summed E-state index contributed by atoms with van der Waals surface area (Å²) < 4.78 is 24.6. The van der Waals surface area contributed by atoms with Crippen molar-refractivity contribution in [1.82, 2.24) is 0 Å². The van der Waals surface area contributed by atoms with Crippen LogP contribution in [0.3, 0.4) is 0 Å². The van der Waals surface area contributed by atoms with E-state index in [4.69, 9.17) is 0 Å². The molecule has 1 aromatic carbocycles. The molecular formula is C12H20N2O2S. The highest BCUT2D eigenvalue weighted by atomic mass is 32.2. The average Bonchev–Trinajstić information content (AvgIpc) is 2.11. The van der Waals surface area contributed by atoms with Crippen molar-refractivity contribution in [1.29, 1.82) is 0 Å². The average molecular weight is 256 g/mol. The van der Waals surface area contributed by atoms with Gasteiger partial charge in [0.15, 0.2) is 0 Å². The highest BCUT2D eigenvalue weighted by Gasteiger charge is 2.09. The maximum atomic E-state index is 11.1. The van der Waals surface area contributed by atoms with Gasteiger partial charge in [-0.2, -0.15) is 0 Å². The molecule has 96 valence electrons. The van der Waals surface area contributed by atoms with Gasteiger partial charge < -0.3 is 5.32 Å². The number of sulfonamides is 1. The monoisotopic (exact) mass is 256 g/mol. The molecule has 0 spiro atoms. The lowest BCUT2D eigenvalue weighted by molar-refractivity contribution is 0.443. The smallest absolute Gasteiger partial charge is 0.229 e. The van der Waals surface area contributed by atoms with Crippen LogP contribution < -0.4 is 10.0 Å². The molecule has 17 heavy (non-hydrogen) atoms. The van der Waals surface area contributed by atoms with Gasteiger partial charge >= 0.3 is 0 Å². The number of nitrogens with one attached hydrogen (secondary N) is 2. The van der Waals surface area contributed by atoms with Crippen LogP contribution in [0.1, 0.15) is 20.8 Å². The van der Waals surface area contributed by atoms with Crippen molar-refractivity contribution in [3.05, 3.63) is 24.3 Å². The summed E-state index contributed by atoms with van der Waals surface area (Å²) in [6.45, 7) is 7.24. The fraction of sp³-hybridized carbons (Fsp3) is 0.500. The van der Waals surface area contributed by atoms with Crippen LogP contribution in [0, 0.1) is 5.41 Å². The third-order valence-electron chi connectivity index (χ3n) is 1.99. The van der Waals surface area contributed by atoms with Crippen LogP contribution in [-0.2, 0) is 10.0 Å². The lowest BCUT2D eigenvalue weighted by Gasteiger charge is -2.20. The Kier molecular flexibility index (Phi) is 4.03. The topological polar surface area (TPSA) is 58.2 Å². The SMILES string of the molecule is CC(C)(C)CNc1cccc(NS(C)(=O)=O)c1. The second kappa shape index (κ2) is 4.96. The Labute approximate surface area is 103 Å². The van der Waals surface area contributed by atoms with Crippen molar-refractivity contribution < 1.29 is 8.42 Å². The van der Waals surface area contributed by atoms with E-state index in [0.717, 1.165) is 18.5 Å². The molecule has 0 heterocycles. The van der Waals surface area contributed by atoms with Crippen LogP contribution in [0.5, 0.6) is 0 Å². The Bertz CT molecular complexity index is 476. The molecule has 0 aliphatic heterocycles. The fourth-order valence-corrected chi connectivity index (χ4v) is 1.83. The van der Waals surface area contributed by atoms with Gasteiger partial charge in [-0.25, -0.2) is 8.42 Å². The van der Waals surface area contributed by atoms with E-state index >= 15 is 0 Å². The number of hydrogen-bond acceptors (Lipinski definition) is 3. The third kappa shape index (κ3) is 6.16. The quantitative estimate of drug-likeness (QED) is 0.870. The first kappa shape index (κ1) is 13.8. The molecule has 0 aliphatic rings. The van der Waals surface area contributed by atoms with E-state index in [9.17, 15) is 8.42 Å². The first-order chi connectivity index (χ1) is 7.66. The van der Waals surface area contributed by atoms with E-state index in [0.29, 0.717) is 5.69 Å². The zero-order chi connectivity index (χ0) is 13.1. The molecule has 0 atom stereocenters. The van der Waals surface area contributed by atoms with Crippen molar-refractivity contribution in [3.63, 3.8) is 0 Å². The lowest BCUT2D eigenvalue weighted by Crippen LogP contribution is -2.19. The molecule has 0 unspecified atom stereocenters. The summed E-state index contributed by atoms with van der Waals surface area (Å²) in [5, 5.41) is 3.28. The minimum Gasteiger partial charge on any atom is -0.384 e. The molecule has 0 aromatic heterocycles. The minimum atomic E-state index is -3.22. The third-order valence-corrected chi connectivity index (χ3v) is 2.60. The second-order valence-corrected chi connectivity index (χ2v) is 7.12. The number of anilines is 2. The molecule has 2 N–H and O–H groups in total. The molecule has 0 radical (unpaired) electrons. The molecular weight excluding hydrogens is 236 g/mol. The van der Waals surface area contributed by atoms with Gasteiger partial charge in [0.05, 0.1) is 11.9 Å². The number of rotatable bonds is 4. The number of benzene rings is 1. The van der Waals surface area contributed by atoms with E-state index in [-0.39, 0.29) is 5.41 Å². The first-order valence-corrected chi connectivity index (χ1v) is 7.37. The summed E-state index contributed by atoms with van der Waals surface area (Å²) in [6, 6.07) is 7.24. The Balaban J connectivity index is 2.73. The highest BCUT2D eigenvalue weighted by molar-refractivity contribution is 7.92. The second-order valence-electron chi connectivity index (χ2n) is 5.37. The zero-order valence-corrected chi connectivity index (χ0v) is 11.6. The van der Waals surface area contributed by atoms with E-state index in [1.54, 1.807) is 12.1 Å². The Morgan fingerprint density at radius 3 is 2.29 bits per heavy atom. The van der Waals surface area contributed by atoms with Crippen LogP contribution in [0.4, 0.5) is 11.4 Å². The molecule has 1 aromatic rings. The van der Waals surface area contributed by atoms with E-state index in [1.807, 2.05) is 12.1 Å². The molecule has 0 saturated heterocycles. The van der Waals surface area contributed by atoms with Crippen LogP contribution in [0.25, 0.3) is 0 Å². The molecule has 0 bridgehead atoms. The summed E-state index contributed by atoms with van der Waals surface area (Å²) in [5.41, 5.74) is 1.67. The summed E-state index contributed by atoms with van der Waals surface area (Å²) in [4.78, 5) is 0. The Morgan fingerprint density at radius 2 is 1.76 bits per heavy atom. The molecule has 5 heteroatoms. The van der Waals surface area contributed by atoms with Crippen molar-refractivity contribution in [2.45, 2.75) is 20.8 Å². The van der Waals surface area contributed by atoms with Crippen molar-refractivity contribution in [3.8, 4) is 0 Å². The highest BCUT2D eigenvalue weighted by Crippen LogP contribution is 2.19. The van der Waals surface area contributed by atoms with Gasteiger partial charge in [0, 0.05) is 12.2 Å². The maximum Gasteiger partial charge on any atom is 0.229 e. The van der Waals surface area contributed by atoms with Crippen molar-refractivity contribution >= 4 is 21.4 Å². The summed E-state index contributed by atoms with van der Waals surface area (Å²) in [6.07, 6.45) is 1.14. The Hall–Kier alpha value is -1.23. The van der Waals surface area contributed by atoms with E-state index in [1.165, 1.54) is 0 Å². The number of hydrogen-bond donors (Lipinski definition) is 2. The molecule has 4 nitrogen and oxygen atoms in total. The van der Waals surface area contributed by atoms with Crippen molar-refractivity contribution in [2.24, 2.45) is 5.41 Å². The van der Waals surface area contributed by atoms with Crippen molar-refractivity contribution in [2.75, 3.05) is 22.8 Å². The van der Waals surface area contributed by atoms with E-state index < -0.39 is 10.0 Å². The van der Waals surface area contributed by atoms with Crippen LogP contribution in [0.15, 0.2) is 24.3 Å². The molecule has 1 rings (SSSR count). The standard InChI is InChI=1S/C12H20N2O2S/c1-12(2,3)9-13-10-6-5-7-11(8-10)14-17(4,15)16/h5-8,13-14H,9H2,1-4H3. The Morgan fingerprint density at radius 1 is 1.18 bits per heavy atom. The van der Waals surface area contributed by atoms with Gasteiger partial charge in [-0.1, -0.05) is 26.8 Å². The van der Waals surface area contributed by atoms with E-state index in [2.05, 4.69) is 30.8 Å². The van der Waals surface area contributed by atoms with Crippen LogP contribution >= 0.6 is 0 Å². The molecule has 0 aliphatic carbocycles. The first-order valence-electron chi connectivity index (χ1n) is 5.47. The zero-order valence-electron chi connectivity index (χ0n) is 10.7. The normalized spacial score (nSPS) is 12.2. The van der Waals surface area contributed by atoms with Gasteiger partial charge in [-0.15, -0.1) is 0 Å². The van der Waals surface area contributed by atoms with Crippen LogP contribution in [-0.4, -0.2) is 21.2 Å². The van der Waals surface area contributed by atoms with Gasteiger partial charge in [0.25, 0.3) is 0 Å². The van der Waals surface area contributed by atoms with Gasteiger partial charge in [-0.3, -0.25) is 4.72 Å². The predicted octanol–water partition coefficient (Wildman–Crippen LogP) is 2.52. The van der Waals surface area contributed by atoms with Gasteiger partial charge in [0.2, 0.25) is 10.0 Å². The maximum absolute atomic E-state index is 11.1. The fourth-order valence-electron chi connectivity index (χ4n) is 1.27. The molecule has 0 fully saturated rings. The summed E-state index contributed by atoms with van der Waals surface area (Å²) in [5.74, 6) is 0. The summed E-state index contributed by atoms with van der Waals surface area (Å²) >= 11 is 0. The lowest BCUT2D eigenvalue weighted by atomic mass is 9.97. The minimum absolute atomic E-state index is 0.181. The molecule has 0 amide bonds. The summed E-state index contributed by atoms with van der Waals surface area (Å²) in [7, 11) is -3.22. The molecule has 0 saturated carbocycles. The predicted molar refractivity (Wildman–Crippen MR) is 72.9 cm³/mol. The van der Waals surface area contributed by atoms with Gasteiger partial charge in [0.1, 0.15) is 0 Å².